The van der Waals surface area contributed by atoms with Crippen molar-refractivity contribution in [3.8, 4) is 0 Å². The first-order valence-corrected chi connectivity index (χ1v) is 8.70. The second-order valence-electron chi connectivity index (χ2n) is 5.69. The van der Waals surface area contributed by atoms with Crippen molar-refractivity contribution in [3.63, 3.8) is 0 Å². The molecule has 1 aromatic heterocycles. The highest BCUT2D eigenvalue weighted by Crippen LogP contribution is 2.30. The summed E-state index contributed by atoms with van der Waals surface area (Å²) < 4.78 is 2.92. The van der Waals surface area contributed by atoms with Gasteiger partial charge in [0.2, 0.25) is 11.8 Å². The van der Waals surface area contributed by atoms with Crippen LogP contribution in [0.1, 0.15) is 5.69 Å². The van der Waals surface area contributed by atoms with Gasteiger partial charge in [-0.05, 0) is 41.1 Å². The number of nitrogens with zero attached hydrogens (tertiary/aromatic N) is 1. The maximum atomic E-state index is 12.2. The molecule has 0 spiro atoms. The second kappa shape index (κ2) is 7.53. The number of amides is 2. The first kappa shape index (κ1) is 17.2. The lowest BCUT2D eigenvalue weighted by Gasteiger charge is -2.10. The van der Waals surface area contributed by atoms with Crippen LogP contribution in [0.2, 0.25) is 0 Å². The molecule has 5 nitrogen and oxygen atoms in total. The normalized spacial score (nSPS) is 10.6. The van der Waals surface area contributed by atoms with Gasteiger partial charge in [0.1, 0.15) is 6.54 Å². The van der Waals surface area contributed by atoms with Gasteiger partial charge in [0.15, 0.2) is 0 Å². The van der Waals surface area contributed by atoms with Crippen LogP contribution in [0.5, 0.6) is 0 Å². The molecule has 0 saturated heterocycles. The Hall–Kier alpha value is -2.60. The molecule has 0 aliphatic rings. The standard InChI is InChI=1S/C19H18BrN3O2/c1-13-19(20)15-9-5-6-10-16(15)23(13)12-18(25)21-11-17(24)22-14-7-3-2-4-8-14/h2-10H,11-12H2,1H3,(H,21,25)(H,22,24). The molecular formula is C19H18BrN3O2. The molecule has 3 aromatic rings. The van der Waals surface area contributed by atoms with E-state index >= 15 is 0 Å². The van der Waals surface area contributed by atoms with Gasteiger partial charge < -0.3 is 15.2 Å². The van der Waals surface area contributed by atoms with Crippen LogP contribution in [0.4, 0.5) is 5.69 Å². The Kier molecular flexibility index (Phi) is 5.19. The van der Waals surface area contributed by atoms with E-state index in [0.29, 0.717) is 5.69 Å². The van der Waals surface area contributed by atoms with Crippen LogP contribution in [-0.2, 0) is 16.1 Å². The fourth-order valence-corrected chi connectivity index (χ4v) is 3.25. The van der Waals surface area contributed by atoms with E-state index in [0.717, 1.165) is 21.1 Å². The van der Waals surface area contributed by atoms with Crippen LogP contribution in [-0.4, -0.2) is 22.9 Å². The smallest absolute Gasteiger partial charge is 0.243 e. The van der Waals surface area contributed by atoms with Crippen molar-refractivity contribution < 1.29 is 9.59 Å². The van der Waals surface area contributed by atoms with E-state index in [2.05, 4.69) is 26.6 Å². The third kappa shape index (κ3) is 3.91. The van der Waals surface area contributed by atoms with Gasteiger partial charge in [0, 0.05) is 26.8 Å². The predicted octanol–water partition coefficient (Wildman–Crippen LogP) is 3.47. The Balaban J connectivity index is 1.62. The summed E-state index contributed by atoms with van der Waals surface area (Å²) in [6.07, 6.45) is 0. The Morgan fingerprint density at radius 3 is 2.44 bits per heavy atom. The summed E-state index contributed by atoms with van der Waals surface area (Å²) >= 11 is 3.57. The number of para-hydroxylation sites is 2. The molecule has 25 heavy (non-hydrogen) atoms. The molecule has 2 N–H and O–H groups in total. The topological polar surface area (TPSA) is 63.1 Å². The van der Waals surface area contributed by atoms with Gasteiger partial charge in [0.25, 0.3) is 0 Å². The number of benzene rings is 2. The molecular weight excluding hydrogens is 382 g/mol. The average Bonchev–Trinajstić information content (AvgIpc) is 2.86. The Morgan fingerprint density at radius 2 is 1.68 bits per heavy atom. The summed E-state index contributed by atoms with van der Waals surface area (Å²) in [6, 6.07) is 17.0. The SMILES string of the molecule is Cc1c(Br)c2ccccc2n1CC(=O)NCC(=O)Nc1ccccc1. The van der Waals surface area contributed by atoms with Gasteiger partial charge in [-0.15, -0.1) is 0 Å². The summed E-state index contributed by atoms with van der Waals surface area (Å²) in [4.78, 5) is 24.2. The van der Waals surface area contributed by atoms with Gasteiger partial charge in [-0.25, -0.2) is 0 Å². The largest absolute Gasteiger partial charge is 0.345 e. The van der Waals surface area contributed by atoms with E-state index in [1.54, 1.807) is 12.1 Å². The number of anilines is 1. The lowest BCUT2D eigenvalue weighted by atomic mass is 10.2. The van der Waals surface area contributed by atoms with E-state index in [1.807, 2.05) is 54.0 Å². The third-order valence-electron chi connectivity index (χ3n) is 3.96. The van der Waals surface area contributed by atoms with Gasteiger partial charge in [-0.3, -0.25) is 9.59 Å². The van der Waals surface area contributed by atoms with Crippen LogP contribution in [0.3, 0.4) is 0 Å². The van der Waals surface area contributed by atoms with Crippen molar-refractivity contribution in [2.75, 3.05) is 11.9 Å². The van der Waals surface area contributed by atoms with Crippen molar-refractivity contribution in [1.29, 1.82) is 0 Å². The van der Waals surface area contributed by atoms with Crippen LogP contribution in [0, 0.1) is 6.92 Å². The zero-order valence-electron chi connectivity index (χ0n) is 13.8. The van der Waals surface area contributed by atoms with Crippen molar-refractivity contribution in [1.82, 2.24) is 9.88 Å². The molecule has 0 fully saturated rings. The molecule has 2 amide bonds. The predicted molar refractivity (Wildman–Crippen MR) is 102 cm³/mol. The average molecular weight is 400 g/mol. The highest BCUT2D eigenvalue weighted by Gasteiger charge is 2.14. The van der Waals surface area contributed by atoms with E-state index in [4.69, 9.17) is 0 Å². The Bertz CT molecular complexity index is 919. The zero-order valence-corrected chi connectivity index (χ0v) is 15.3. The zero-order chi connectivity index (χ0) is 17.8. The molecule has 2 aromatic carbocycles. The van der Waals surface area contributed by atoms with Crippen LogP contribution < -0.4 is 10.6 Å². The second-order valence-corrected chi connectivity index (χ2v) is 6.49. The monoisotopic (exact) mass is 399 g/mol. The van der Waals surface area contributed by atoms with Crippen molar-refractivity contribution >= 4 is 44.3 Å². The van der Waals surface area contributed by atoms with Crippen LogP contribution in [0.25, 0.3) is 10.9 Å². The molecule has 0 aliphatic heterocycles. The van der Waals surface area contributed by atoms with Gasteiger partial charge >= 0.3 is 0 Å². The molecule has 0 unspecified atom stereocenters. The number of hydrogen-bond donors (Lipinski definition) is 2. The minimum absolute atomic E-state index is 0.0624. The number of hydrogen-bond acceptors (Lipinski definition) is 2. The molecule has 0 atom stereocenters. The maximum Gasteiger partial charge on any atom is 0.243 e. The number of aromatic nitrogens is 1. The van der Waals surface area contributed by atoms with E-state index in [1.165, 1.54) is 0 Å². The van der Waals surface area contributed by atoms with Crippen molar-refractivity contribution in [3.05, 3.63) is 64.8 Å². The Morgan fingerprint density at radius 1 is 1.00 bits per heavy atom. The molecule has 6 heteroatoms. The van der Waals surface area contributed by atoms with Crippen LogP contribution in [0.15, 0.2) is 59.1 Å². The Labute approximate surface area is 154 Å². The number of carbonyl (C=O) groups is 2. The molecule has 3 rings (SSSR count). The van der Waals surface area contributed by atoms with E-state index in [9.17, 15) is 9.59 Å². The first-order chi connectivity index (χ1) is 12.1. The van der Waals surface area contributed by atoms with E-state index in [-0.39, 0.29) is 24.9 Å². The molecule has 0 saturated carbocycles. The summed E-state index contributed by atoms with van der Waals surface area (Å²) in [7, 11) is 0. The quantitative estimate of drug-likeness (QED) is 0.689. The molecule has 1 heterocycles. The summed E-state index contributed by atoms with van der Waals surface area (Å²) in [5.74, 6) is -0.464. The summed E-state index contributed by atoms with van der Waals surface area (Å²) in [5, 5.41) is 6.47. The molecule has 0 aliphatic carbocycles. The third-order valence-corrected chi connectivity index (χ3v) is 4.96. The fraction of sp³-hybridized carbons (Fsp3) is 0.158. The highest BCUT2D eigenvalue weighted by molar-refractivity contribution is 9.10. The van der Waals surface area contributed by atoms with Crippen molar-refractivity contribution in [2.45, 2.75) is 13.5 Å². The molecule has 128 valence electrons. The van der Waals surface area contributed by atoms with Gasteiger partial charge in [-0.2, -0.15) is 0 Å². The molecule has 0 bridgehead atoms. The van der Waals surface area contributed by atoms with Gasteiger partial charge in [0.05, 0.1) is 6.54 Å². The lowest BCUT2D eigenvalue weighted by Crippen LogP contribution is -2.35. The number of fused-ring (bicyclic) bond motifs is 1. The minimum atomic E-state index is -0.255. The number of rotatable bonds is 5. The summed E-state index contributed by atoms with van der Waals surface area (Å²) in [5.41, 5.74) is 2.67. The number of nitrogens with one attached hydrogen (secondary N) is 2. The van der Waals surface area contributed by atoms with E-state index < -0.39 is 0 Å². The van der Waals surface area contributed by atoms with Crippen LogP contribution >= 0.6 is 15.9 Å². The highest BCUT2D eigenvalue weighted by atomic mass is 79.9. The van der Waals surface area contributed by atoms with Crippen molar-refractivity contribution in [2.24, 2.45) is 0 Å². The maximum absolute atomic E-state index is 12.2. The lowest BCUT2D eigenvalue weighted by molar-refractivity contribution is -0.124. The summed E-state index contributed by atoms with van der Waals surface area (Å²) in [6.45, 7) is 2.06. The minimum Gasteiger partial charge on any atom is -0.345 e. The first-order valence-electron chi connectivity index (χ1n) is 7.91. The fourth-order valence-electron chi connectivity index (χ4n) is 2.70. The number of carbonyl (C=O) groups excluding carboxylic acids is 2. The van der Waals surface area contributed by atoms with Gasteiger partial charge in [-0.1, -0.05) is 36.4 Å². The molecule has 0 radical (unpaired) electrons. The number of halogens is 1.